The van der Waals surface area contributed by atoms with Crippen molar-refractivity contribution in [1.29, 1.82) is 0 Å². The van der Waals surface area contributed by atoms with Crippen LogP contribution in [0.5, 0.6) is 0 Å². The number of amides is 1. The highest BCUT2D eigenvalue weighted by molar-refractivity contribution is 6.33. The van der Waals surface area contributed by atoms with Crippen molar-refractivity contribution in [3.8, 4) is 11.1 Å². The van der Waals surface area contributed by atoms with Crippen LogP contribution in [0, 0.1) is 18.7 Å². The van der Waals surface area contributed by atoms with E-state index < -0.39 is 11.7 Å². The predicted molar refractivity (Wildman–Crippen MR) is 121 cm³/mol. The van der Waals surface area contributed by atoms with E-state index in [4.69, 9.17) is 11.6 Å². The van der Waals surface area contributed by atoms with Gasteiger partial charge in [-0.05, 0) is 74.0 Å². The predicted octanol–water partition coefficient (Wildman–Crippen LogP) is 4.78. The molecule has 31 heavy (non-hydrogen) atoms. The van der Waals surface area contributed by atoms with Crippen LogP contribution in [0.2, 0.25) is 5.02 Å². The summed E-state index contributed by atoms with van der Waals surface area (Å²) in [5, 5.41) is 18.6. The largest absolute Gasteiger partial charge is 0.453 e. The number of aryl methyl sites for hydroxylation is 1. The molecule has 0 bridgehead atoms. The number of aliphatic hydroxyl groups is 1. The lowest BCUT2D eigenvalue weighted by Crippen LogP contribution is -2.45. The van der Waals surface area contributed by atoms with Crippen LogP contribution >= 0.6 is 11.6 Å². The minimum Gasteiger partial charge on any atom is -0.453 e. The van der Waals surface area contributed by atoms with E-state index in [0.29, 0.717) is 47.6 Å². The van der Waals surface area contributed by atoms with Crippen LogP contribution in [0.25, 0.3) is 11.1 Å². The molecule has 1 aliphatic rings. The van der Waals surface area contributed by atoms with Gasteiger partial charge in [0, 0.05) is 29.6 Å². The summed E-state index contributed by atoms with van der Waals surface area (Å²) in [6.07, 6.45) is 2.30. The second-order valence-electron chi connectivity index (χ2n) is 8.17. The monoisotopic (exact) mass is 448 g/mol. The summed E-state index contributed by atoms with van der Waals surface area (Å²) in [4.78, 5) is 11.4. The van der Waals surface area contributed by atoms with Crippen molar-refractivity contribution in [2.45, 2.75) is 38.2 Å². The molecule has 7 heteroatoms. The fourth-order valence-corrected chi connectivity index (χ4v) is 4.78. The molecule has 0 aliphatic carbocycles. The molecule has 0 saturated carbocycles. The first kappa shape index (κ1) is 23.5. The highest BCUT2D eigenvalue weighted by atomic mass is 35.5. The van der Waals surface area contributed by atoms with Gasteiger partial charge in [0.1, 0.15) is 5.82 Å². The van der Waals surface area contributed by atoms with Crippen LogP contribution in [-0.2, 0) is 10.3 Å². The van der Waals surface area contributed by atoms with Crippen LogP contribution in [0.1, 0.15) is 36.8 Å². The van der Waals surface area contributed by atoms with Gasteiger partial charge in [0.15, 0.2) is 0 Å². The molecule has 1 heterocycles. The number of piperidine rings is 1. The number of rotatable bonds is 7. The number of alkyl carbamates (subject to hydrolysis) is 1. The normalized spacial score (nSPS) is 18.3. The number of ether oxygens (including phenoxy) is 1. The van der Waals surface area contributed by atoms with Gasteiger partial charge >= 0.3 is 6.09 Å². The van der Waals surface area contributed by atoms with E-state index in [0.717, 1.165) is 24.9 Å². The highest BCUT2D eigenvalue weighted by Crippen LogP contribution is 2.45. The van der Waals surface area contributed by atoms with E-state index >= 15 is 0 Å². The SMILES string of the molecule is COC(=O)NCCCC(O)(c1cccc(Cl)c1-c1cc(C)cc(F)c1)C1CCCNC1. The topological polar surface area (TPSA) is 70.6 Å². The van der Waals surface area contributed by atoms with E-state index in [9.17, 15) is 14.3 Å². The molecule has 1 amide bonds. The van der Waals surface area contributed by atoms with Gasteiger partial charge in [-0.3, -0.25) is 0 Å². The molecule has 1 saturated heterocycles. The maximum atomic E-state index is 14.2. The van der Waals surface area contributed by atoms with Gasteiger partial charge in [0.05, 0.1) is 12.7 Å². The fourth-order valence-electron chi connectivity index (χ4n) is 4.50. The Hall–Kier alpha value is -2.15. The molecule has 2 aromatic rings. The summed E-state index contributed by atoms with van der Waals surface area (Å²) in [6, 6.07) is 10.3. The molecule has 3 rings (SSSR count). The molecular weight excluding hydrogens is 419 g/mol. The van der Waals surface area contributed by atoms with Gasteiger partial charge in [-0.2, -0.15) is 0 Å². The van der Waals surface area contributed by atoms with Crippen molar-refractivity contribution in [1.82, 2.24) is 10.6 Å². The van der Waals surface area contributed by atoms with Crippen LogP contribution in [-0.4, -0.2) is 37.9 Å². The van der Waals surface area contributed by atoms with Gasteiger partial charge in [-0.1, -0.05) is 29.8 Å². The molecule has 0 radical (unpaired) electrons. The Bertz CT molecular complexity index is 897. The van der Waals surface area contributed by atoms with Crippen LogP contribution in [0.15, 0.2) is 36.4 Å². The lowest BCUT2D eigenvalue weighted by Gasteiger charge is -2.40. The summed E-state index contributed by atoms with van der Waals surface area (Å²) < 4.78 is 18.8. The number of methoxy groups -OCH3 is 1. The standard InChI is InChI=1S/C24H30ClFN2O3/c1-16-12-17(14-19(26)13-16)22-20(7-3-8-21(22)25)24(30,18-6-4-10-27-15-18)9-5-11-28-23(29)31-2/h3,7-8,12-14,18,27,30H,4-6,9-11,15H2,1-2H3,(H,28,29). The Morgan fingerprint density at radius 1 is 1.39 bits per heavy atom. The van der Waals surface area contributed by atoms with Crippen molar-refractivity contribution in [2.24, 2.45) is 5.92 Å². The Morgan fingerprint density at radius 3 is 2.87 bits per heavy atom. The molecule has 2 aromatic carbocycles. The summed E-state index contributed by atoms with van der Waals surface area (Å²) in [5.74, 6) is -0.378. The number of benzene rings is 2. The second-order valence-corrected chi connectivity index (χ2v) is 8.58. The maximum absolute atomic E-state index is 14.2. The highest BCUT2D eigenvalue weighted by Gasteiger charge is 2.40. The first-order valence-electron chi connectivity index (χ1n) is 10.7. The lowest BCUT2D eigenvalue weighted by atomic mass is 9.72. The third kappa shape index (κ3) is 5.56. The van der Waals surface area contributed by atoms with Crippen LogP contribution in [0.3, 0.4) is 0 Å². The van der Waals surface area contributed by atoms with Gasteiger partial charge in [0.2, 0.25) is 0 Å². The van der Waals surface area contributed by atoms with Crippen molar-refractivity contribution in [2.75, 3.05) is 26.7 Å². The second kappa shape index (κ2) is 10.4. The molecule has 2 atom stereocenters. The number of hydrogen-bond acceptors (Lipinski definition) is 4. The quantitative estimate of drug-likeness (QED) is 0.533. The third-order valence-electron chi connectivity index (χ3n) is 5.97. The fraction of sp³-hybridized carbons (Fsp3) is 0.458. The van der Waals surface area contributed by atoms with E-state index in [2.05, 4.69) is 15.4 Å². The van der Waals surface area contributed by atoms with E-state index in [-0.39, 0.29) is 11.7 Å². The van der Waals surface area contributed by atoms with Crippen molar-refractivity contribution in [3.63, 3.8) is 0 Å². The average molecular weight is 449 g/mol. The lowest BCUT2D eigenvalue weighted by molar-refractivity contribution is -0.0415. The number of hydrogen-bond donors (Lipinski definition) is 3. The summed E-state index contributed by atoms with van der Waals surface area (Å²) in [6.45, 7) is 3.81. The molecule has 1 fully saturated rings. The zero-order valence-corrected chi connectivity index (χ0v) is 18.8. The zero-order valence-electron chi connectivity index (χ0n) is 18.0. The number of carbonyl (C=O) groups is 1. The smallest absolute Gasteiger partial charge is 0.406 e. The Labute approximate surface area is 187 Å². The van der Waals surface area contributed by atoms with E-state index in [1.165, 1.54) is 19.2 Å². The Kier molecular flexibility index (Phi) is 7.92. The van der Waals surface area contributed by atoms with Gasteiger partial charge in [0.25, 0.3) is 0 Å². The molecule has 2 unspecified atom stereocenters. The van der Waals surface area contributed by atoms with Crippen LogP contribution < -0.4 is 10.6 Å². The molecule has 0 spiro atoms. The molecule has 0 aromatic heterocycles. The first-order chi connectivity index (χ1) is 14.8. The first-order valence-corrected chi connectivity index (χ1v) is 11.0. The van der Waals surface area contributed by atoms with E-state index in [1.54, 1.807) is 6.07 Å². The summed E-state index contributed by atoms with van der Waals surface area (Å²) >= 11 is 6.61. The van der Waals surface area contributed by atoms with E-state index in [1.807, 2.05) is 25.1 Å². The molecular formula is C24H30ClFN2O3. The van der Waals surface area contributed by atoms with Crippen molar-refractivity contribution >= 4 is 17.7 Å². The molecule has 3 N–H and O–H groups in total. The van der Waals surface area contributed by atoms with Crippen molar-refractivity contribution in [3.05, 3.63) is 58.4 Å². The third-order valence-corrected chi connectivity index (χ3v) is 6.29. The average Bonchev–Trinajstić information content (AvgIpc) is 2.76. The minimum absolute atomic E-state index is 0.0359. The minimum atomic E-state index is -1.19. The van der Waals surface area contributed by atoms with Gasteiger partial charge < -0.3 is 20.5 Å². The summed E-state index contributed by atoms with van der Waals surface area (Å²) in [5.41, 5.74) is 1.59. The number of halogens is 2. The van der Waals surface area contributed by atoms with Gasteiger partial charge in [-0.25, -0.2) is 9.18 Å². The summed E-state index contributed by atoms with van der Waals surface area (Å²) in [7, 11) is 1.32. The number of carbonyl (C=O) groups excluding carboxylic acids is 1. The van der Waals surface area contributed by atoms with Crippen LogP contribution in [0.4, 0.5) is 9.18 Å². The zero-order chi connectivity index (χ0) is 22.4. The molecule has 1 aliphatic heterocycles. The van der Waals surface area contributed by atoms with Gasteiger partial charge in [-0.15, -0.1) is 0 Å². The number of nitrogens with one attached hydrogen (secondary N) is 2. The Balaban J connectivity index is 2.02. The molecule has 168 valence electrons. The Morgan fingerprint density at radius 2 is 2.19 bits per heavy atom. The maximum Gasteiger partial charge on any atom is 0.406 e. The van der Waals surface area contributed by atoms with Crippen molar-refractivity contribution < 1.29 is 19.0 Å². The molecule has 5 nitrogen and oxygen atoms in total.